The summed E-state index contributed by atoms with van der Waals surface area (Å²) >= 11 is 2.07. The van der Waals surface area contributed by atoms with E-state index in [2.05, 4.69) is 221 Å². The average molecular weight is 1030 g/mol. The molecule has 0 aliphatic carbocycles. The standard InChI is InChI=1S/C8H17N.C8H15N.C8H13N.C7H16N2.C7H14N2.C7H12N2.C7H15NO.C7H15NS/c3*1-8(2)9-6-4-3-5-7-9;3*1-7(2)9-5-3-8-4-6-9;2*1-7(2)8-3-5-9-6-4-8/h8H,3-7H2,1-2H3;4,6,8H,3,5,7H2,1-2H3;4-8H,3H2,1-2H3;7-8H,3-6H2,1-2H3;3,5,7-8H,4,6H2,1-2H3;3-8H,1-2H3;2*7H,3-6H2,1-2H3. The van der Waals surface area contributed by atoms with Crippen molar-refractivity contribution < 1.29 is 4.74 Å². The van der Waals surface area contributed by atoms with Gasteiger partial charge in [0.05, 0.1) is 13.2 Å². The molecule has 0 unspecified atom stereocenters. The molecule has 72 heavy (non-hydrogen) atoms. The van der Waals surface area contributed by atoms with Crippen LogP contribution in [-0.2, 0) is 4.74 Å². The highest BCUT2D eigenvalue weighted by Gasteiger charge is 2.15. The van der Waals surface area contributed by atoms with E-state index in [1.807, 2.05) is 31.0 Å². The van der Waals surface area contributed by atoms with Crippen molar-refractivity contribution in [2.75, 3.05) is 110 Å². The molecule has 420 valence electrons. The lowest BCUT2D eigenvalue weighted by Gasteiger charge is -2.30. The van der Waals surface area contributed by atoms with Crippen LogP contribution in [0.25, 0.3) is 0 Å². The van der Waals surface area contributed by atoms with Crippen LogP contribution in [0.3, 0.4) is 0 Å². The number of nitrogens with zero attached hydrogens (tertiary/aromatic N) is 8. The van der Waals surface area contributed by atoms with Gasteiger partial charge in [-0.25, -0.2) is 0 Å². The normalized spacial score (nSPS) is 20.4. The fourth-order valence-corrected chi connectivity index (χ4v) is 9.33. The SMILES string of the molecule is CC(C)N1C=CCC=C1.CC(C)N1C=CCCC1.CC(C)N1C=CNC=C1.CC(C)N1C=CNCC1.CC(C)N1CCCCC1.CC(C)N1CCNCC1.CC(C)N1CCOCC1.CC(C)N1CCSCC1. The van der Waals surface area contributed by atoms with Crippen LogP contribution < -0.4 is 16.0 Å². The molecule has 0 atom stereocenters. The van der Waals surface area contributed by atoms with Crippen molar-refractivity contribution in [1.29, 1.82) is 0 Å². The first-order valence-corrected chi connectivity index (χ1v) is 30.0. The highest BCUT2D eigenvalue weighted by molar-refractivity contribution is 7.99. The Labute approximate surface area is 451 Å². The predicted molar refractivity (Wildman–Crippen MR) is 319 cm³/mol. The van der Waals surface area contributed by atoms with Gasteiger partial charge in [0.25, 0.3) is 0 Å². The molecular formula is C59H117N11OS. The molecule has 0 aromatic rings. The Bertz CT molecular complexity index is 1240. The molecule has 12 nitrogen and oxygen atoms in total. The zero-order valence-electron chi connectivity index (χ0n) is 49.7. The summed E-state index contributed by atoms with van der Waals surface area (Å²) in [5.41, 5.74) is 0. The minimum atomic E-state index is 0.555. The summed E-state index contributed by atoms with van der Waals surface area (Å²) in [7, 11) is 0. The number of hydrogen-bond donors (Lipinski definition) is 3. The van der Waals surface area contributed by atoms with E-state index in [1.54, 1.807) is 0 Å². The van der Waals surface area contributed by atoms with Gasteiger partial charge in [-0.3, -0.25) is 14.7 Å². The summed E-state index contributed by atoms with van der Waals surface area (Å²) in [4.78, 5) is 19.1. The van der Waals surface area contributed by atoms with E-state index in [0.717, 1.165) is 77.0 Å². The molecule has 8 heterocycles. The molecule has 0 saturated carbocycles. The van der Waals surface area contributed by atoms with Crippen molar-refractivity contribution in [2.45, 2.75) is 198 Å². The molecule has 0 radical (unpaired) electrons. The van der Waals surface area contributed by atoms with Gasteiger partial charge in [-0.2, -0.15) is 11.8 Å². The second-order valence-corrected chi connectivity index (χ2v) is 23.1. The molecule has 4 fully saturated rings. The molecule has 0 spiro atoms. The van der Waals surface area contributed by atoms with Crippen LogP contribution in [0.4, 0.5) is 0 Å². The third-order valence-corrected chi connectivity index (χ3v) is 14.5. The van der Waals surface area contributed by atoms with E-state index in [0.29, 0.717) is 30.2 Å². The summed E-state index contributed by atoms with van der Waals surface area (Å²) in [6.07, 6.45) is 33.0. The van der Waals surface area contributed by atoms with Crippen LogP contribution in [0.1, 0.15) is 149 Å². The molecule has 8 aliphatic rings. The van der Waals surface area contributed by atoms with Crippen molar-refractivity contribution >= 4 is 11.8 Å². The molecule has 13 heteroatoms. The maximum Gasteiger partial charge on any atom is 0.0594 e. The number of ether oxygens (including phenoxy) is 1. The van der Waals surface area contributed by atoms with E-state index in [-0.39, 0.29) is 0 Å². The number of nitrogens with one attached hydrogen (secondary N) is 3. The number of hydrogen-bond acceptors (Lipinski definition) is 13. The van der Waals surface area contributed by atoms with Gasteiger partial charge in [-0.1, -0.05) is 24.6 Å². The van der Waals surface area contributed by atoms with Crippen LogP contribution >= 0.6 is 11.8 Å². The minimum Gasteiger partial charge on any atom is -0.388 e. The quantitative estimate of drug-likeness (QED) is 0.216. The summed E-state index contributed by atoms with van der Waals surface area (Å²) in [5, 5.41) is 9.44. The van der Waals surface area contributed by atoms with Crippen molar-refractivity contribution in [3.05, 3.63) is 74.0 Å². The fraction of sp³-hybridized carbons (Fsp3) is 0.797. The van der Waals surface area contributed by atoms with Crippen molar-refractivity contribution in [3.63, 3.8) is 0 Å². The molecule has 8 aliphatic heterocycles. The Morgan fingerprint density at radius 2 is 0.861 bits per heavy atom. The number of morpholine rings is 1. The van der Waals surface area contributed by atoms with Crippen molar-refractivity contribution in [2.24, 2.45) is 0 Å². The zero-order valence-corrected chi connectivity index (χ0v) is 50.5. The lowest BCUT2D eigenvalue weighted by atomic mass is 10.1. The monoisotopic (exact) mass is 1030 g/mol. The highest BCUT2D eigenvalue weighted by Crippen LogP contribution is 2.13. The highest BCUT2D eigenvalue weighted by atomic mass is 32.2. The largest absolute Gasteiger partial charge is 0.388 e. The summed E-state index contributed by atoms with van der Waals surface area (Å²) < 4.78 is 5.21. The lowest BCUT2D eigenvalue weighted by Crippen LogP contribution is -2.46. The van der Waals surface area contributed by atoms with Crippen molar-refractivity contribution in [3.8, 4) is 0 Å². The minimum absolute atomic E-state index is 0.555. The van der Waals surface area contributed by atoms with Gasteiger partial charge in [0, 0.05) is 181 Å². The Morgan fingerprint density at radius 1 is 0.389 bits per heavy atom. The first kappa shape index (κ1) is 67.4. The summed E-state index contributed by atoms with van der Waals surface area (Å²) in [6.45, 7) is 53.1. The first-order chi connectivity index (χ1) is 34.4. The topological polar surface area (TPSA) is 71.2 Å². The maximum absolute atomic E-state index is 5.21. The zero-order chi connectivity index (χ0) is 53.5. The number of likely N-dealkylation sites (tertiary alicyclic amines) is 1. The van der Waals surface area contributed by atoms with Gasteiger partial charge in [0.2, 0.25) is 0 Å². The second kappa shape index (κ2) is 42.6. The van der Waals surface area contributed by atoms with Gasteiger partial charge in [0.1, 0.15) is 0 Å². The number of piperidine rings is 1. The number of thioether (sulfide) groups is 1. The molecule has 3 N–H and O–H groups in total. The molecule has 4 saturated heterocycles. The predicted octanol–water partition coefficient (Wildman–Crippen LogP) is 10.5. The maximum atomic E-state index is 5.21. The molecule has 0 bridgehead atoms. The van der Waals surface area contributed by atoms with E-state index >= 15 is 0 Å². The van der Waals surface area contributed by atoms with Gasteiger partial charge in [0.15, 0.2) is 0 Å². The lowest BCUT2D eigenvalue weighted by molar-refractivity contribution is 0.0238. The molecule has 0 amide bonds. The fourth-order valence-electron chi connectivity index (χ4n) is 8.40. The first-order valence-electron chi connectivity index (χ1n) is 28.8. The number of allylic oxidation sites excluding steroid dienone is 3. The Morgan fingerprint density at radius 3 is 1.19 bits per heavy atom. The smallest absolute Gasteiger partial charge is 0.0594 e. The van der Waals surface area contributed by atoms with Crippen LogP contribution in [0, 0.1) is 0 Å². The Hall–Kier alpha value is -2.65. The van der Waals surface area contributed by atoms with Gasteiger partial charge in [-0.05, 0) is 162 Å². The molecule has 0 aromatic carbocycles. The van der Waals surface area contributed by atoms with Crippen molar-refractivity contribution in [1.82, 2.24) is 55.1 Å². The van der Waals surface area contributed by atoms with Crippen LogP contribution in [0.15, 0.2) is 74.0 Å². The third kappa shape index (κ3) is 34.0. The Balaban J connectivity index is 0.000000411. The average Bonchev–Trinajstić information content (AvgIpc) is 3.42. The third-order valence-electron chi connectivity index (χ3n) is 13.6. The van der Waals surface area contributed by atoms with Gasteiger partial charge < -0.3 is 45.2 Å². The summed E-state index contributed by atoms with van der Waals surface area (Å²) in [5.74, 6) is 2.66. The molecule has 8 rings (SSSR count). The van der Waals surface area contributed by atoms with Gasteiger partial charge in [-0.15, -0.1) is 0 Å². The molecule has 0 aromatic heterocycles. The molecular weight excluding hydrogens is 911 g/mol. The van der Waals surface area contributed by atoms with E-state index in [4.69, 9.17) is 4.74 Å². The number of piperazine rings is 1. The Kier molecular flexibility index (Phi) is 39.8. The van der Waals surface area contributed by atoms with E-state index in [1.165, 1.54) is 89.4 Å². The van der Waals surface area contributed by atoms with Crippen LogP contribution in [-0.4, -0.2) is 197 Å². The van der Waals surface area contributed by atoms with E-state index in [9.17, 15) is 0 Å². The van der Waals surface area contributed by atoms with Gasteiger partial charge >= 0.3 is 0 Å². The summed E-state index contributed by atoms with van der Waals surface area (Å²) in [6, 6.07) is 5.42. The van der Waals surface area contributed by atoms with Crippen LogP contribution in [0.2, 0.25) is 0 Å². The van der Waals surface area contributed by atoms with E-state index < -0.39 is 0 Å². The van der Waals surface area contributed by atoms with Crippen LogP contribution in [0.5, 0.6) is 0 Å². The second-order valence-electron chi connectivity index (χ2n) is 21.9. The number of rotatable bonds is 8.